The van der Waals surface area contributed by atoms with E-state index in [4.69, 9.17) is 5.73 Å². The van der Waals surface area contributed by atoms with Crippen molar-refractivity contribution >= 4 is 0 Å². The predicted molar refractivity (Wildman–Crippen MR) is 85.9 cm³/mol. The molecule has 2 N–H and O–H groups in total. The molecule has 1 aliphatic rings. The van der Waals surface area contributed by atoms with Gasteiger partial charge in [-0.1, -0.05) is 63.2 Å². The summed E-state index contributed by atoms with van der Waals surface area (Å²) in [5.74, 6) is 0.916. The third-order valence-corrected chi connectivity index (χ3v) is 4.69. The van der Waals surface area contributed by atoms with E-state index < -0.39 is 0 Å². The highest BCUT2D eigenvalue weighted by Crippen LogP contribution is 2.38. The largest absolute Gasteiger partial charge is 0.327 e. The van der Waals surface area contributed by atoms with Crippen molar-refractivity contribution in [2.24, 2.45) is 11.7 Å². The molecule has 1 aliphatic carbocycles. The molecular formula is C19H23N. The van der Waals surface area contributed by atoms with Gasteiger partial charge in [-0.15, -0.1) is 0 Å². The number of benzene rings is 2. The zero-order valence-corrected chi connectivity index (χ0v) is 12.6. The topological polar surface area (TPSA) is 26.0 Å². The summed E-state index contributed by atoms with van der Waals surface area (Å²) in [6.45, 7) is 6.64. The molecule has 0 spiro atoms. The summed E-state index contributed by atoms with van der Waals surface area (Å²) >= 11 is 0. The van der Waals surface area contributed by atoms with E-state index in [0.717, 1.165) is 6.42 Å². The van der Waals surface area contributed by atoms with Crippen molar-refractivity contribution in [3.8, 4) is 11.1 Å². The smallest absolute Gasteiger partial charge is 0.0128 e. The highest BCUT2D eigenvalue weighted by molar-refractivity contribution is 5.77. The van der Waals surface area contributed by atoms with Crippen molar-refractivity contribution in [2.45, 2.75) is 39.2 Å². The van der Waals surface area contributed by atoms with Crippen molar-refractivity contribution in [1.29, 1.82) is 0 Å². The van der Waals surface area contributed by atoms with Crippen LogP contribution in [-0.4, -0.2) is 6.04 Å². The Hall–Kier alpha value is -1.60. The Bertz CT molecular complexity index is 627. The SMILES string of the molecule is CC(C)C(N)C(C)c1ccc2c(c1)Cc1ccccc1-2. The fourth-order valence-electron chi connectivity index (χ4n) is 3.25. The Balaban J connectivity index is 1.95. The molecule has 0 aliphatic heterocycles. The first-order chi connectivity index (χ1) is 9.58. The van der Waals surface area contributed by atoms with Crippen LogP contribution in [0.3, 0.4) is 0 Å². The molecule has 1 nitrogen and oxygen atoms in total. The molecule has 0 fully saturated rings. The second kappa shape index (κ2) is 5.06. The van der Waals surface area contributed by atoms with E-state index in [-0.39, 0.29) is 6.04 Å². The molecule has 0 heterocycles. The van der Waals surface area contributed by atoms with Gasteiger partial charge in [0.15, 0.2) is 0 Å². The van der Waals surface area contributed by atoms with Gasteiger partial charge in [-0.05, 0) is 46.1 Å². The molecule has 3 rings (SSSR count). The number of fused-ring (bicyclic) bond motifs is 3. The molecule has 20 heavy (non-hydrogen) atoms. The maximum atomic E-state index is 6.32. The summed E-state index contributed by atoms with van der Waals surface area (Å²) < 4.78 is 0. The molecule has 0 aromatic heterocycles. The maximum absolute atomic E-state index is 6.32. The van der Waals surface area contributed by atoms with Gasteiger partial charge in [-0.3, -0.25) is 0 Å². The Kier molecular flexibility index (Phi) is 3.39. The lowest BCUT2D eigenvalue weighted by Gasteiger charge is -2.24. The van der Waals surface area contributed by atoms with Gasteiger partial charge < -0.3 is 5.73 Å². The molecule has 2 aromatic rings. The first-order valence-corrected chi connectivity index (χ1v) is 7.54. The van der Waals surface area contributed by atoms with E-state index in [9.17, 15) is 0 Å². The Morgan fingerprint density at radius 3 is 2.35 bits per heavy atom. The minimum atomic E-state index is 0.219. The van der Waals surface area contributed by atoms with E-state index in [2.05, 4.69) is 63.2 Å². The van der Waals surface area contributed by atoms with Crippen molar-refractivity contribution in [1.82, 2.24) is 0 Å². The van der Waals surface area contributed by atoms with Crippen LogP contribution in [0.5, 0.6) is 0 Å². The first kappa shape index (κ1) is 13.4. The summed E-state index contributed by atoms with van der Waals surface area (Å²) in [6.07, 6.45) is 1.06. The Morgan fingerprint density at radius 2 is 1.60 bits per heavy atom. The Labute approximate surface area is 121 Å². The van der Waals surface area contributed by atoms with Crippen LogP contribution < -0.4 is 5.73 Å². The van der Waals surface area contributed by atoms with Crippen molar-refractivity contribution in [2.75, 3.05) is 0 Å². The van der Waals surface area contributed by atoms with Gasteiger partial charge in [0.1, 0.15) is 0 Å². The Morgan fingerprint density at radius 1 is 0.900 bits per heavy atom. The van der Waals surface area contributed by atoms with E-state index >= 15 is 0 Å². The summed E-state index contributed by atoms with van der Waals surface area (Å²) in [5.41, 5.74) is 13.4. The van der Waals surface area contributed by atoms with E-state index in [0.29, 0.717) is 11.8 Å². The average Bonchev–Trinajstić information content (AvgIpc) is 2.83. The van der Waals surface area contributed by atoms with Gasteiger partial charge in [0.05, 0.1) is 0 Å². The van der Waals surface area contributed by atoms with E-state index in [1.807, 2.05) is 0 Å². The number of nitrogens with two attached hydrogens (primary N) is 1. The van der Waals surface area contributed by atoms with Gasteiger partial charge >= 0.3 is 0 Å². The van der Waals surface area contributed by atoms with Gasteiger partial charge in [0, 0.05) is 6.04 Å². The fraction of sp³-hybridized carbons (Fsp3) is 0.368. The first-order valence-electron chi connectivity index (χ1n) is 7.54. The second-order valence-corrected chi connectivity index (χ2v) is 6.36. The minimum Gasteiger partial charge on any atom is -0.327 e. The third kappa shape index (κ3) is 2.16. The molecule has 2 atom stereocenters. The molecule has 0 saturated heterocycles. The van der Waals surface area contributed by atoms with Gasteiger partial charge in [-0.25, -0.2) is 0 Å². The minimum absolute atomic E-state index is 0.219. The zero-order chi connectivity index (χ0) is 14.3. The molecule has 1 heteroatoms. The summed E-state index contributed by atoms with van der Waals surface area (Å²) in [5, 5.41) is 0. The van der Waals surface area contributed by atoms with Crippen LogP contribution in [0.15, 0.2) is 42.5 Å². The van der Waals surface area contributed by atoms with Crippen molar-refractivity contribution in [3.63, 3.8) is 0 Å². The maximum Gasteiger partial charge on any atom is 0.0128 e. The lowest BCUT2D eigenvalue weighted by Crippen LogP contribution is -2.32. The van der Waals surface area contributed by atoms with Crippen LogP contribution in [0.4, 0.5) is 0 Å². The monoisotopic (exact) mass is 265 g/mol. The lowest BCUT2D eigenvalue weighted by molar-refractivity contribution is 0.434. The molecule has 0 bridgehead atoms. The normalized spacial score (nSPS) is 15.8. The summed E-state index contributed by atoms with van der Waals surface area (Å²) in [6, 6.07) is 15.8. The van der Waals surface area contributed by atoms with Crippen LogP contribution in [0.1, 0.15) is 43.4 Å². The zero-order valence-electron chi connectivity index (χ0n) is 12.6. The van der Waals surface area contributed by atoms with Crippen LogP contribution in [0.25, 0.3) is 11.1 Å². The van der Waals surface area contributed by atoms with Gasteiger partial charge in [-0.2, -0.15) is 0 Å². The molecule has 0 amide bonds. The number of rotatable bonds is 3. The van der Waals surface area contributed by atoms with E-state index in [1.54, 1.807) is 0 Å². The van der Waals surface area contributed by atoms with Crippen LogP contribution in [0, 0.1) is 5.92 Å². The van der Waals surface area contributed by atoms with Crippen LogP contribution in [-0.2, 0) is 6.42 Å². The molecule has 2 unspecified atom stereocenters. The van der Waals surface area contributed by atoms with Crippen LogP contribution in [0.2, 0.25) is 0 Å². The molecular weight excluding hydrogens is 242 g/mol. The molecule has 2 aromatic carbocycles. The molecule has 0 saturated carbocycles. The number of hydrogen-bond donors (Lipinski definition) is 1. The van der Waals surface area contributed by atoms with E-state index in [1.165, 1.54) is 27.8 Å². The highest BCUT2D eigenvalue weighted by atomic mass is 14.7. The second-order valence-electron chi connectivity index (χ2n) is 6.36. The highest BCUT2D eigenvalue weighted by Gasteiger charge is 2.22. The quantitative estimate of drug-likeness (QED) is 0.749. The summed E-state index contributed by atoms with van der Waals surface area (Å²) in [4.78, 5) is 0. The summed E-state index contributed by atoms with van der Waals surface area (Å²) in [7, 11) is 0. The molecule has 104 valence electrons. The number of hydrogen-bond acceptors (Lipinski definition) is 1. The standard InChI is InChI=1S/C19H23N/c1-12(2)19(20)13(3)14-8-9-18-16(10-14)11-15-6-4-5-7-17(15)18/h4-10,12-13,19H,11,20H2,1-3H3. The van der Waals surface area contributed by atoms with Crippen molar-refractivity contribution in [3.05, 3.63) is 59.2 Å². The molecule has 0 radical (unpaired) electrons. The third-order valence-electron chi connectivity index (χ3n) is 4.69. The van der Waals surface area contributed by atoms with Gasteiger partial charge in [0.2, 0.25) is 0 Å². The average molecular weight is 265 g/mol. The van der Waals surface area contributed by atoms with Crippen molar-refractivity contribution < 1.29 is 0 Å². The van der Waals surface area contributed by atoms with Crippen LogP contribution >= 0.6 is 0 Å². The predicted octanol–water partition coefficient (Wildman–Crippen LogP) is 4.34. The fourth-order valence-corrected chi connectivity index (χ4v) is 3.25. The van der Waals surface area contributed by atoms with Gasteiger partial charge in [0.25, 0.3) is 0 Å². The lowest BCUT2D eigenvalue weighted by atomic mass is 9.86.